The molecule has 0 atom stereocenters. The highest BCUT2D eigenvalue weighted by Gasteiger charge is 2.17. The van der Waals surface area contributed by atoms with E-state index in [-0.39, 0.29) is 5.91 Å². The molecule has 1 amide bonds. The standard InChI is InChI=1S/C24H24INO3/c1-15-8-10-18(11-9-15)14-29-23-20(25)12-19(13-22(23)28-4)24(27)26-21-7-5-6-16(2)17(21)3/h5-13H,14H2,1-4H3,(H,26,27). The summed E-state index contributed by atoms with van der Waals surface area (Å²) in [5, 5.41) is 2.99. The Morgan fingerprint density at radius 3 is 2.45 bits per heavy atom. The van der Waals surface area contributed by atoms with Gasteiger partial charge in [0.15, 0.2) is 11.5 Å². The second-order valence-electron chi connectivity index (χ2n) is 6.97. The summed E-state index contributed by atoms with van der Waals surface area (Å²) in [4.78, 5) is 12.8. The fourth-order valence-electron chi connectivity index (χ4n) is 2.91. The third kappa shape index (κ3) is 5.09. The van der Waals surface area contributed by atoms with Gasteiger partial charge >= 0.3 is 0 Å². The van der Waals surface area contributed by atoms with Crippen LogP contribution in [0.15, 0.2) is 54.6 Å². The van der Waals surface area contributed by atoms with Crippen molar-refractivity contribution in [2.24, 2.45) is 0 Å². The van der Waals surface area contributed by atoms with Crippen LogP contribution >= 0.6 is 22.6 Å². The molecule has 3 aromatic rings. The van der Waals surface area contributed by atoms with Gasteiger partial charge in [0.2, 0.25) is 0 Å². The largest absolute Gasteiger partial charge is 0.493 e. The lowest BCUT2D eigenvalue weighted by Crippen LogP contribution is -2.14. The van der Waals surface area contributed by atoms with Crippen molar-refractivity contribution >= 4 is 34.2 Å². The van der Waals surface area contributed by atoms with Gasteiger partial charge in [-0.2, -0.15) is 0 Å². The van der Waals surface area contributed by atoms with Crippen molar-refractivity contribution in [2.75, 3.05) is 12.4 Å². The fraction of sp³-hybridized carbons (Fsp3) is 0.208. The molecule has 4 nitrogen and oxygen atoms in total. The average molecular weight is 501 g/mol. The molecule has 3 aromatic carbocycles. The molecule has 0 aliphatic carbocycles. The number of hydrogen-bond acceptors (Lipinski definition) is 3. The van der Waals surface area contributed by atoms with Gasteiger partial charge in [0.1, 0.15) is 6.61 Å². The minimum Gasteiger partial charge on any atom is -0.493 e. The Kier molecular flexibility index (Phi) is 6.79. The Bertz CT molecular complexity index is 1030. The lowest BCUT2D eigenvalue weighted by Gasteiger charge is -2.15. The summed E-state index contributed by atoms with van der Waals surface area (Å²) in [6, 6.07) is 17.6. The van der Waals surface area contributed by atoms with Crippen LogP contribution in [0.5, 0.6) is 11.5 Å². The molecule has 150 valence electrons. The van der Waals surface area contributed by atoms with Gasteiger partial charge in [-0.1, -0.05) is 42.0 Å². The topological polar surface area (TPSA) is 47.6 Å². The Morgan fingerprint density at radius 1 is 1.03 bits per heavy atom. The van der Waals surface area contributed by atoms with E-state index in [1.165, 1.54) is 5.56 Å². The van der Waals surface area contributed by atoms with Crippen molar-refractivity contribution in [1.29, 1.82) is 0 Å². The molecule has 5 heteroatoms. The number of rotatable bonds is 6. The molecule has 0 radical (unpaired) electrons. The van der Waals surface area contributed by atoms with E-state index < -0.39 is 0 Å². The molecular formula is C24H24INO3. The monoisotopic (exact) mass is 501 g/mol. The van der Waals surface area contributed by atoms with Gasteiger partial charge in [-0.15, -0.1) is 0 Å². The van der Waals surface area contributed by atoms with Crippen molar-refractivity contribution in [3.63, 3.8) is 0 Å². The minimum atomic E-state index is -0.181. The van der Waals surface area contributed by atoms with Gasteiger partial charge in [-0.05, 0) is 78.3 Å². The minimum absolute atomic E-state index is 0.181. The molecule has 0 saturated carbocycles. The molecule has 0 aliphatic rings. The maximum absolute atomic E-state index is 12.8. The van der Waals surface area contributed by atoms with Crippen LogP contribution in [0.2, 0.25) is 0 Å². The maximum Gasteiger partial charge on any atom is 0.255 e. The molecule has 1 N–H and O–H groups in total. The van der Waals surface area contributed by atoms with Crippen LogP contribution in [-0.2, 0) is 6.61 Å². The highest BCUT2D eigenvalue weighted by Crippen LogP contribution is 2.35. The van der Waals surface area contributed by atoms with E-state index in [0.717, 1.165) is 25.9 Å². The summed E-state index contributed by atoms with van der Waals surface area (Å²) in [5.74, 6) is 0.993. The molecule has 0 unspecified atom stereocenters. The Hall–Kier alpha value is -2.54. The third-order valence-corrected chi connectivity index (χ3v) is 5.65. The second-order valence-corrected chi connectivity index (χ2v) is 8.13. The van der Waals surface area contributed by atoms with Gasteiger partial charge in [-0.3, -0.25) is 4.79 Å². The van der Waals surface area contributed by atoms with E-state index in [9.17, 15) is 4.79 Å². The predicted molar refractivity (Wildman–Crippen MR) is 125 cm³/mol. The van der Waals surface area contributed by atoms with Crippen molar-refractivity contribution in [1.82, 2.24) is 0 Å². The lowest BCUT2D eigenvalue weighted by atomic mass is 10.1. The maximum atomic E-state index is 12.8. The van der Waals surface area contributed by atoms with Crippen LogP contribution in [0.4, 0.5) is 5.69 Å². The van der Waals surface area contributed by atoms with Crippen LogP contribution in [0.1, 0.15) is 32.6 Å². The first-order valence-electron chi connectivity index (χ1n) is 9.32. The van der Waals surface area contributed by atoms with E-state index in [4.69, 9.17) is 9.47 Å². The summed E-state index contributed by atoms with van der Waals surface area (Å²) >= 11 is 2.17. The van der Waals surface area contributed by atoms with Crippen LogP contribution in [-0.4, -0.2) is 13.0 Å². The summed E-state index contributed by atoms with van der Waals surface area (Å²) in [5.41, 5.74) is 5.80. The molecule has 0 heterocycles. The van der Waals surface area contributed by atoms with E-state index in [2.05, 4.69) is 47.0 Å². The van der Waals surface area contributed by atoms with Crippen molar-refractivity contribution in [3.8, 4) is 11.5 Å². The third-order valence-electron chi connectivity index (χ3n) is 4.85. The van der Waals surface area contributed by atoms with E-state index in [0.29, 0.717) is 23.7 Å². The van der Waals surface area contributed by atoms with Gasteiger partial charge in [0.05, 0.1) is 10.7 Å². The summed E-state index contributed by atoms with van der Waals surface area (Å²) < 4.78 is 12.3. The number of benzene rings is 3. The second kappa shape index (κ2) is 9.31. The van der Waals surface area contributed by atoms with Crippen LogP contribution < -0.4 is 14.8 Å². The van der Waals surface area contributed by atoms with E-state index in [1.54, 1.807) is 13.2 Å². The van der Waals surface area contributed by atoms with Crippen molar-refractivity contribution in [3.05, 3.63) is 86.0 Å². The molecule has 0 spiro atoms. The smallest absolute Gasteiger partial charge is 0.255 e. The number of hydrogen-bond donors (Lipinski definition) is 1. The number of carbonyl (C=O) groups excluding carboxylic acids is 1. The number of anilines is 1. The molecule has 0 aromatic heterocycles. The Labute approximate surface area is 185 Å². The number of carbonyl (C=O) groups is 1. The Balaban J connectivity index is 1.80. The zero-order chi connectivity index (χ0) is 21.0. The van der Waals surface area contributed by atoms with Gasteiger partial charge in [0, 0.05) is 11.3 Å². The highest BCUT2D eigenvalue weighted by atomic mass is 127. The number of aryl methyl sites for hydroxylation is 2. The fourth-order valence-corrected chi connectivity index (χ4v) is 3.67. The first kappa shape index (κ1) is 21.2. The van der Waals surface area contributed by atoms with Crippen molar-refractivity contribution < 1.29 is 14.3 Å². The number of methoxy groups -OCH3 is 1. The number of ether oxygens (including phenoxy) is 2. The number of nitrogens with one attached hydrogen (secondary N) is 1. The predicted octanol–water partition coefficient (Wildman–Crippen LogP) is 6.06. The van der Waals surface area contributed by atoms with E-state index >= 15 is 0 Å². The molecule has 0 fully saturated rings. The molecule has 0 bridgehead atoms. The molecule has 3 rings (SSSR count). The first-order valence-corrected chi connectivity index (χ1v) is 10.4. The van der Waals surface area contributed by atoms with Crippen LogP contribution in [0, 0.1) is 24.3 Å². The first-order chi connectivity index (χ1) is 13.9. The molecule has 29 heavy (non-hydrogen) atoms. The molecule has 0 aliphatic heterocycles. The number of amides is 1. The summed E-state index contributed by atoms with van der Waals surface area (Å²) in [7, 11) is 1.58. The molecule has 0 saturated heterocycles. The normalized spacial score (nSPS) is 10.5. The van der Waals surface area contributed by atoms with Crippen molar-refractivity contribution in [2.45, 2.75) is 27.4 Å². The quantitative estimate of drug-likeness (QED) is 0.418. The van der Waals surface area contributed by atoms with Crippen LogP contribution in [0.3, 0.4) is 0 Å². The summed E-state index contributed by atoms with van der Waals surface area (Å²) in [6.45, 7) is 6.51. The Morgan fingerprint density at radius 2 is 1.76 bits per heavy atom. The zero-order valence-corrected chi connectivity index (χ0v) is 19.2. The van der Waals surface area contributed by atoms with Gasteiger partial charge in [0.25, 0.3) is 5.91 Å². The molecular weight excluding hydrogens is 477 g/mol. The number of halogens is 1. The van der Waals surface area contributed by atoms with E-state index in [1.807, 2.05) is 50.2 Å². The SMILES string of the molecule is COc1cc(C(=O)Nc2cccc(C)c2C)cc(I)c1OCc1ccc(C)cc1. The van der Waals surface area contributed by atoms with Gasteiger partial charge < -0.3 is 14.8 Å². The zero-order valence-electron chi connectivity index (χ0n) is 17.0. The van der Waals surface area contributed by atoms with Crippen LogP contribution in [0.25, 0.3) is 0 Å². The van der Waals surface area contributed by atoms with Gasteiger partial charge in [-0.25, -0.2) is 0 Å². The summed E-state index contributed by atoms with van der Waals surface area (Å²) in [6.07, 6.45) is 0. The lowest BCUT2D eigenvalue weighted by molar-refractivity contribution is 0.102. The highest BCUT2D eigenvalue weighted by molar-refractivity contribution is 14.1. The average Bonchev–Trinajstić information content (AvgIpc) is 2.71.